The minimum atomic E-state index is -1.23. The Morgan fingerprint density at radius 1 is 1.64 bits per heavy atom. The first kappa shape index (κ1) is 10.0. The van der Waals surface area contributed by atoms with Crippen LogP contribution in [-0.4, -0.2) is 31.9 Å². The lowest BCUT2D eigenvalue weighted by Crippen LogP contribution is -2.25. The number of carboxylic acid groups (broad SMARTS) is 1. The van der Waals surface area contributed by atoms with E-state index in [9.17, 15) is 9.59 Å². The molecule has 0 unspecified atom stereocenters. The molecule has 1 aromatic rings. The van der Waals surface area contributed by atoms with Crippen LogP contribution in [0.5, 0.6) is 5.75 Å². The van der Waals surface area contributed by atoms with Crippen molar-refractivity contribution in [3.8, 4) is 5.75 Å². The number of carbonyl (C=O) groups excluding carboxylic acids is 1. The first-order chi connectivity index (χ1) is 6.50. The van der Waals surface area contributed by atoms with Crippen LogP contribution in [0.2, 0.25) is 0 Å². The highest BCUT2D eigenvalue weighted by Gasteiger charge is 2.22. The third-order valence-corrected chi connectivity index (χ3v) is 1.59. The summed E-state index contributed by atoms with van der Waals surface area (Å²) in [7, 11) is 0. The van der Waals surface area contributed by atoms with E-state index >= 15 is 0 Å². The predicted molar refractivity (Wildman–Crippen MR) is 44.4 cm³/mol. The highest BCUT2D eigenvalue weighted by atomic mass is 16.4. The molecule has 1 heterocycles. The van der Waals surface area contributed by atoms with Gasteiger partial charge in [0.15, 0.2) is 11.8 Å². The Morgan fingerprint density at radius 2 is 2.29 bits per heavy atom. The molecule has 1 aromatic heterocycles. The monoisotopic (exact) mass is 199 g/mol. The lowest BCUT2D eigenvalue weighted by molar-refractivity contribution is -0.143. The quantitative estimate of drug-likeness (QED) is 0.580. The number of nitrogens with zero attached hydrogens (tertiary/aromatic N) is 2. The smallest absolute Gasteiger partial charge is 0.329 e. The number of nitrogens with two attached hydrogens (primary N) is 1. The van der Waals surface area contributed by atoms with Gasteiger partial charge in [-0.2, -0.15) is 5.10 Å². The molecule has 0 spiro atoms. The van der Waals surface area contributed by atoms with Crippen LogP contribution in [0.3, 0.4) is 0 Å². The molecule has 1 rings (SSSR count). The number of aromatic nitrogens is 2. The molecule has 4 N–H and O–H groups in total. The van der Waals surface area contributed by atoms with Crippen LogP contribution in [0.25, 0.3) is 0 Å². The molecule has 0 fully saturated rings. The first-order valence-corrected chi connectivity index (χ1v) is 3.75. The summed E-state index contributed by atoms with van der Waals surface area (Å²) in [6, 6.07) is -1.17. The van der Waals surface area contributed by atoms with Crippen molar-refractivity contribution in [1.82, 2.24) is 9.78 Å². The van der Waals surface area contributed by atoms with E-state index in [1.165, 1.54) is 0 Å². The molecule has 0 saturated carbocycles. The van der Waals surface area contributed by atoms with E-state index in [4.69, 9.17) is 15.9 Å². The summed E-state index contributed by atoms with van der Waals surface area (Å²) in [5.41, 5.74) is 4.87. The second kappa shape index (κ2) is 3.77. The fourth-order valence-corrected chi connectivity index (χ4v) is 0.983. The minimum Gasteiger partial charge on any atom is -0.505 e. The zero-order valence-electron chi connectivity index (χ0n) is 7.12. The molecule has 0 bridgehead atoms. The number of aliphatic carboxylic acids is 1. The van der Waals surface area contributed by atoms with Crippen LogP contribution in [0, 0.1) is 0 Å². The summed E-state index contributed by atoms with van der Waals surface area (Å²) in [6.07, 6.45) is 1.83. The number of rotatable bonds is 4. The van der Waals surface area contributed by atoms with Crippen LogP contribution >= 0.6 is 0 Å². The van der Waals surface area contributed by atoms with Crippen molar-refractivity contribution in [2.24, 2.45) is 5.73 Å². The maximum absolute atomic E-state index is 10.7. The van der Waals surface area contributed by atoms with Gasteiger partial charge < -0.3 is 15.9 Å². The molecular weight excluding hydrogens is 190 g/mol. The number of amides is 1. The molecule has 0 radical (unpaired) electrons. The molecule has 0 saturated heterocycles. The Balaban J connectivity index is 2.88. The van der Waals surface area contributed by atoms with E-state index in [0.717, 1.165) is 17.1 Å². The van der Waals surface area contributed by atoms with Gasteiger partial charge in [0.25, 0.3) is 0 Å². The molecular formula is C7H9N3O4. The van der Waals surface area contributed by atoms with Crippen LogP contribution in [0.15, 0.2) is 12.4 Å². The molecule has 0 aliphatic rings. The molecule has 0 aromatic carbocycles. The Kier molecular flexibility index (Phi) is 2.70. The van der Waals surface area contributed by atoms with Gasteiger partial charge in [0, 0.05) is 0 Å². The van der Waals surface area contributed by atoms with Crippen molar-refractivity contribution in [2.45, 2.75) is 12.5 Å². The number of carbonyl (C=O) groups is 2. The standard InChI is InChI=1S/C7H9N3O4/c8-6(12)1-5(7(13)14)10-3-4(11)2-9-10/h2-3,5,11H,1H2,(H2,8,12)(H,13,14)/t5-/m0/s1. The predicted octanol–water partition coefficient (Wildman–Crippen LogP) is -0.910. The Morgan fingerprint density at radius 3 is 2.64 bits per heavy atom. The van der Waals surface area contributed by atoms with E-state index in [0.29, 0.717) is 0 Å². The van der Waals surface area contributed by atoms with Crippen molar-refractivity contribution >= 4 is 11.9 Å². The normalized spacial score (nSPS) is 12.3. The van der Waals surface area contributed by atoms with E-state index in [1.807, 2.05) is 0 Å². The Labute approximate surface area is 78.7 Å². The van der Waals surface area contributed by atoms with Crippen LogP contribution < -0.4 is 5.73 Å². The topological polar surface area (TPSA) is 118 Å². The van der Waals surface area contributed by atoms with E-state index in [-0.39, 0.29) is 12.2 Å². The molecule has 0 aliphatic carbocycles. The summed E-state index contributed by atoms with van der Waals surface area (Å²) >= 11 is 0. The van der Waals surface area contributed by atoms with Gasteiger partial charge in [-0.15, -0.1) is 0 Å². The number of primary amides is 1. The summed E-state index contributed by atoms with van der Waals surface area (Å²) in [6.45, 7) is 0. The molecule has 14 heavy (non-hydrogen) atoms. The largest absolute Gasteiger partial charge is 0.505 e. The van der Waals surface area contributed by atoms with E-state index in [2.05, 4.69) is 5.10 Å². The maximum Gasteiger partial charge on any atom is 0.329 e. The fraction of sp³-hybridized carbons (Fsp3) is 0.286. The van der Waals surface area contributed by atoms with Crippen molar-refractivity contribution in [3.05, 3.63) is 12.4 Å². The van der Waals surface area contributed by atoms with Gasteiger partial charge in [-0.05, 0) is 0 Å². The molecule has 7 nitrogen and oxygen atoms in total. The lowest BCUT2D eigenvalue weighted by Gasteiger charge is -2.09. The van der Waals surface area contributed by atoms with Crippen LogP contribution in [0.4, 0.5) is 0 Å². The maximum atomic E-state index is 10.7. The average Bonchev–Trinajstić information content (AvgIpc) is 2.46. The highest BCUT2D eigenvalue weighted by molar-refractivity contribution is 5.82. The SMILES string of the molecule is NC(=O)C[C@@H](C(=O)O)n1cc(O)cn1. The molecule has 0 aliphatic heterocycles. The van der Waals surface area contributed by atoms with Gasteiger partial charge in [0.1, 0.15) is 0 Å². The van der Waals surface area contributed by atoms with Crippen LogP contribution in [-0.2, 0) is 9.59 Å². The zero-order chi connectivity index (χ0) is 10.7. The molecule has 1 amide bonds. The fourth-order valence-electron chi connectivity index (χ4n) is 0.983. The third-order valence-electron chi connectivity index (χ3n) is 1.59. The Bertz CT molecular complexity index is 360. The highest BCUT2D eigenvalue weighted by Crippen LogP contribution is 2.14. The zero-order valence-corrected chi connectivity index (χ0v) is 7.12. The summed E-state index contributed by atoms with van der Waals surface area (Å²) < 4.78 is 0.975. The Hall–Kier alpha value is -2.05. The number of aromatic hydroxyl groups is 1. The third kappa shape index (κ3) is 2.22. The van der Waals surface area contributed by atoms with Crippen LogP contribution in [0.1, 0.15) is 12.5 Å². The number of carboxylic acids is 1. The number of hydrogen-bond acceptors (Lipinski definition) is 4. The summed E-state index contributed by atoms with van der Waals surface area (Å²) in [4.78, 5) is 21.2. The van der Waals surface area contributed by atoms with Gasteiger partial charge in [-0.1, -0.05) is 0 Å². The van der Waals surface area contributed by atoms with Crippen molar-refractivity contribution < 1.29 is 19.8 Å². The van der Waals surface area contributed by atoms with Gasteiger partial charge >= 0.3 is 5.97 Å². The van der Waals surface area contributed by atoms with E-state index < -0.39 is 17.9 Å². The summed E-state index contributed by atoms with van der Waals surface area (Å²) in [5, 5.41) is 21.2. The van der Waals surface area contributed by atoms with Gasteiger partial charge in [0.05, 0.1) is 18.8 Å². The second-order valence-corrected chi connectivity index (χ2v) is 2.70. The number of hydrogen-bond donors (Lipinski definition) is 3. The lowest BCUT2D eigenvalue weighted by atomic mass is 10.2. The van der Waals surface area contributed by atoms with Crippen molar-refractivity contribution in [1.29, 1.82) is 0 Å². The van der Waals surface area contributed by atoms with E-state index in [1.54, 1.807) is 0 Å². The second-order valence-electron chi connectivity index (χ2n) is 2.70. The molecule has 7 heteroatoms. The van der Waals surface area contributed by atoms with Crippen molar-refractivity contribution in [2.75, 3.05) is 0 Å². The minimum absolute atomic E-state index is 0.166. The average molecular weight is 199 g/mol. The summed E-state index contributed by atoms with van der Waals surface area (Å²) in [5.74, 6) is -2.14. The van der Waals surface area contributed by atoms with Gasteiger partial charge in [-0.3, -0.25) is 9.48 Å². The van der Waals surface area contributed by atoms with Gasteiger partial charge in [-0.25, -0.2) is 4.79 Å². The molecule has 1 atom stereocenters. The van der Waals surface area contributed by atoms with Crippen molar-refractivity contribution in [3.63, 3.8) is 0 Å². The van der Waals surface area contributed by atoms with Gasteiger partial charge in [0.2, 0.25) is 5.91 Å². The first-order valence-electron chi connectivity index (χ1n) is 3.75. The molecule has 76 valence electrons.